The highest BCUT2D eigenvalue weighted by Gasteiger charge is 2.11. The molecule has 0 aliphatic rings. The van der Waals surface area contributed by atoms with E-state index in [-0.39, 0.29) is 18.7 Å². The van der Waals surface area contributed by atoms with Crippen molar-refractivity contribution in [2.45, 2.75) is 32.6 Å². The van der Waals surface area contributed by atoms with Crippen molar-refractivity contribution >= 4 is 56.7 Å². The van der Waals surface area contributed by atoms with Gasteiger partial charge >= 0.3 is 5.97 Å². The Hall–Kier alpha value is -2.38. The lowest BCUT2D eigenvalue weighted by Gasteiger charge is -2.10. The minimum Gasteiger partial charge on any atom is -0.456 e. The normalized spacial score (nSPS) is 10.3. The van der Waals surface area contributed by atoms with E-state index in [9.17, 15) is 14.4 Å². The number of hydrogen-bond donors (Lipinski definition) is 2. The summed E-state index contributed by atoms with van der Waals surface area (Å²) in [5.74, 6) is -1.19. The van der Waals surface area contributed by atoms with Gasteiger partial charge in [0.15, 0.2) is 6.61 Å². The van der Waals surface area contributed by atoms with Gasteiger partial charge in [-0.05, 0) is 42.7 Å². The van der Waals surface area contributed by atoms with Gasteiger partial charge in [0.2, 0.25) is 5.91 Å². The van der Waals surface area contributed by atoms with E-state index in [0.29, 0.717) is 17.1 Å². The van der Waals surface area contributed by atoms with Crippen molar-refractivity contribution in [3.05, 3.63) is 57.5 Å². The van der Waals surface area contributed by atoms with Crippen molar-refractivity contribution in [2.24, 2.45) is 0 Å². The fourth-order valence-corrected chi connectivity index (χ4v) is 3.27. The summed E-state index contributed by atoms with van der Waals surface area (Å²) >= 11 is 9.30. The van der Waals surface area contributed by atoms with Gasteiger partial charge in [0, 0.05) is 23.0 Å². The zero-order valence-electron chi connectivity index (χ0n) is 16.0. The maximum Gasteiger partial charge on any atom is 0.306 e. The van der Waals surface area contributed by atoms with Gasteiger partial charge in [-0.25, -0.2) is 0 Å². The standard InChI is InChI=1S/C21H22BrClN2O4/c1-2-14-6-3-4-7-17(14)24-19(26)8-5-9-21(28)29-13-20(27)25-18-11-10-15(22)12-16(18)23/h3-4,6-7,10-12H,2,5,8-9,13H2,1H3,(H,24,26)(H,25,27). The van der Waals surface area contributed by atoms with Crippen LogP contribution in [0.5, 0.6) is 0 Å². The molecule has 2 N–H and O–H groups in total. The number of carbonyl (C=O) groups excluding carboxylic acids is 3. The number of amides is 2. The van der Waals surface area contributed by atoms with E-state index in [4.69, 9.17) is 16.3 Å². The van der Waals surface area contributed by atoms with Crippen molar-refractivity contribution in [1.29, 1.82) is 0 Å². The lowest BCUT2D eigenvalue weighted by Crippen LogP contribution is -2.21. The largest absolute Gasteiger partial charge is 0.456 e. The summed E-state index contributed by atoms with van der Waals surface area (Å²) < 4.78 is 5.73. The highest BCUT2D eigenvalue weighted by molar-refractivity contribution is 9.10. The number of anilines is 2. The number of benzene rings is 2. The predicted molar refractivity (Wildman–Crippen MR) is 117 cm³/mol. The molecule has 6 nitrogen and oxygen atoms in total. The van der Waals surface area contributed by atoms with Crippen LogP contribution in [0.25, 0.3) is 0 Å². The van der Waals surface area contributed by atoms with Crippen LogP contribution in [0.2, 0.25) is 5.02 Å². The maximum absolute atomic E-state index is 12.0. The lowest BCUT2D eigenvalue weighted by atomic mass is 10.1. The molecule has 8 heteroatoms. The van der Waals surface area contributed by atoms with Gasteiger partial charge in [0.05, 0.1) is 10.7 Å². The van der Waals surface area contributed by atoms with E-state index in [1.165, 1.54) is 0 Å². The van der Waals surface area contributed by atoms with E-state index >= 15 is 0 Å². The molecule has 0 aliphatic carbocycles. The second-order valence-corrected chi connectivity index (χ2v) is 7.57. The summed E-state index contributed by atoms with van der Waals surface area (Å²) in [6.45, 7) is 1.60. The Morgan fingerprint density at radius 2 is 1.72 bits per heavy atom. The highest BCUT2D eigenvalue weighted by atomic mass is 79.9. The Bertz CT molecular complexity index is 889. The Morgan fingerprint density at radius 1 is 1.00 bits per heavy atom. The summed E-state index contributed by atoms with van der Waals surface area (Å²) in [5, 5.41) is 5.79. The molecule has 0 aliphatic heterocycles. The number of rotatable bonds is 9. The summed E-state index contributed by atoms with van der Waals surface area (Å²) in [6, 6.07) is 12.6. The molecule has 0 heterocycles. The molecule has 154 valence electrons. The number of halogens is 2. The van der Waals surface area contributed by atoms with Crippen molar-refractivity contribution in [2.75, 3.05) is 17.2 Å². The highest BCUT2D eigenvalue weighted by Crippen LogP contribution is 2.25. The molecule has 0 unspecified atom stereocenters. The minimum absolute atomic E-state index is 0.0508. The van der Waals surface area contributed by atoms with Gasteiger partial charge in [-0.3, -0.25) is 14.4 Å². The molecular formula is C21H22BrClN2O4. The second-order valence-electron chi connectivity index (χ2n) is 6.25. The van der Waals surface area contributed by atoms with Crippen LogP contribution in [0, 0.1) is 0 Å². The molecule has 0 bridgehead atoms. The minimum atomic E-state index is -0.538. The van der Waals surface area contributed by atoms with Gasteiger partial charge in [-0.15, -0.1) is 0 Å². The fraction of sp³-hybridized carbons (Fsp3) is 0.286. The van der Waals surface area contributed by atoms with E-state index < -0.39 is 18.5 Å². The Balaban J connectivity index is 1.67. The number of carbonyl (C=O) groups is 3. The van der Waals surface area contributed by atoms with E-state index in [1.54, 1.807) is 18.2 Å². The Morgan fingerprint density at radius 3 is 2.45 bits per heavy atom. The van der Waals surface area contributed by atoms with Crippen LogP contribution in [0.15, 0.2) is 46.9 Å². The lowest BCUT2D eigenvalue weighted by molar-refractivity contribution is -0.147. The van der Waals surface area contributed by atoms with Crippen LogP contribution in [0.3, 0.4) is 0 Å². The average Bonchev–Trinajstić information content (AvgIpc) is 2.69. The van der Waals surface area contributed by atoms with Crippen LogP contribution >= 0.6 is 27.5 Å². The van der Waals surface area contributed by atoms with Crippen LogP contribution in [0.4, 0.5) is 11.4 Å². The average molecular weight is 482 g/mol. The Kier molecular flexibility index (Phi) is 9.15. The molecule has 2 aromatic carbocycles. The monoisotopic (exact) mass is 480 g/mol. The van der Waals surface area contributed by atoms with Crippen LogP contribution in [0.1, 0.15) is 31.7 Å². The molecule has 0 aromatic heterocycles. The van der Waals surface area contributed by atoms with Crippen LogP contribution in [-0.4, -0.2) is 24.4 Å². The third kappa shape index (κ3) is 7.87. The predicted octanol–water partition coefficient (Wildman–Crippen LogP) is 4.96. The fourth-order valence-electron chi connectivity index (χ4n) is 2.55. The summed E-state index contributed by atoms with van der Waals surface area (Å²) in [6.07, 6.45) is 1.39. The van der Waals surface area contributed by atoms with Crippen molar-refractivity contribution in [3.63, 3.8) is 0 Å². The molecule has 0 radical (unpaired) electrons. The molecule has 0 atom stereocenters. The third-order valence-electron chi connectivity index (χ3n) is 4.03. The number of aryl methyl sites for hydroxylation is 1. The number of esters is 1. The van der Waals surface area contributed by atoms with Gasteiger partial charge in [-0.1, -0.05) is 52.7 Å². The molecule has 2 rings (SSSR count). The van der Waals surface area contributed by atoms with Crippen molar-refractivity contribution in [3.8, 4) is 0 Å². The molecular weight excluding hydrogens is 460 g/mol. The number of nitrogens with one attached hydrogen (secondary N) is 2. The molecule has 2 aromatic rings. The molecule has 29 heavy (non-hydrogen) atoms. The van der Waals surface area contributed by atoms with Gasteiger partial charge in [-0.2, -0.15) is 0 Å². The Labute approximate surface area is 183 Å². The van der Waals surface area contributed by atoms with Crippen molar-refractivity contribution in [1.82, 2.24) is 0 Å². The van der Waals surface area contributed by atoms with Crippen LogP contribution < -0.4 is 10.6 Å². The molecule has 0 fully saturated rings. The summed E-state index contributed by atoms with van der Waals surface area (Å²) in [5.41, 5.74) is 2.27. The smallest absolute Gasteiger partial charge is 0.306 e. The molecule has 0 saturated heterocycles. The zero-order valence-corrected chi connectivity index (χ0v) is 18.3. The molecule has 0 saturated carbocycles. The quantitative estimate of drug-likeness (QED) is 0.496. The summed E-state index contributed by atoms with van der Waals surface area (Å²) in [4.78, 5) is 35.7. The number of hydrogen-bond acceptors (Lipinski definition) is 4. The van der Waals surface area contributed by atoms with Gasteiger partial charge in [0.25, 0.3) is 5.91 Å². The SMILES string of the molecule is CCc1ccccc1NC(=O)CCCC(=O)OCC(=O)Nc1ccc(Br)cc1Cl. The molecule has 0 spiro atoms. The maximum atomic E-state index is 12.0. The zero-order chi connectivity index (χ0) is 21.2. The first-order valence-electron chi connectivity index (χ1n) is 9.17. The van der Waals surface area contributed by atoms with E-state index in [0.717, 1.165) is 22.1 Å². The topological polar surface area (TPSA) is 84.5 Å². The first kappa shape index (κ1) is 22.9. The van der Waals surface area contributed by atoms with Gasteiger partial charge < -0.3 is 15.4 Å². The van der Waals surface area contributed by atoms with Gasteiger partial charge in [0.1, 0.15) is 0 Å². The number of para-hydroxylation sites is 1. The second kappa shape index (κ2) is 11.6. The van der Waals surface area contributed by atoms with Crippen LogP contribution in [-0.2, 0) is 25.5 Å². The molecule has 2 amide bonds. The number of ether oxygens (including phenoxy) is 1. The van der Waals surface area contributed by atoms with E-state index in [1.807, 2.05) is 31.2 Å². The van der Waals surface area contributed by atoms with Crippen molar-refractivity contribution < 1.29 is 19.1 Å². The van der Waals surface area contributed by atoms with E-state index in [2.05, 4.69) is 26.6 Å². The first-order chi connectivity index (χ1) is 13.9. The summed E-state index contributed by atoms with van der Waals surface area (Å²) in [7, 11) is 0. The third-order valence-corrected chi connectivity index (χ3v) is 4.83. The first-order valence-corrected chi connectivity index (χ1v) is 10.3.